The highest BCUT2D eigenvalue weighted by Crippen LogP contribution is 2.37. The summed E-state index contributed by atoms with van der Waals surface area (Å²) in [5.41, 5.74) is 4.90. The number of amides is 4. The maximum atomic E-state index is 16.1. The van der Waals surface area contributed by atoms with Crippen LogP contribution in [0.5, 0.6) is 0 Å². The van der Waals surface area contributed by atoms with Crippen LogP contribution in [0.15, 0.2) is 79.0 Å². The van der Waals surface area contributed by atoms with Crippen LogP contribution in [0.3, 0.4) is 0 Å². The molecule has 428 valence electrons. The van der Waals surface area contributed by atoms with Gasteiger partial charge < -0.3 is 44.5 Å². The van der Waals surface area contributed by atoms with Crippen LogP contribution in [0, 0.1) is 24.0 Å². The van der Waals surface area contributed by atoms with Crippen molar-refractivity contribution in [3.8, 4) is 27.3 Å². The van der Waals surface area contributed by atoms with E-state index in [2.05, 4.69) is 30.3 Å². The molecule has 20 nitrogen and oxygen atoms in total. The number of thiazole rings is 1. The molecule has 24 heteroatoms. The number of sulfonamides is 1. The van der Waals surface area contributed by atoms with Crippen molar-refractivity contribution in [2.75, 3.05) is 68.5 Å². The lowest BCUT2D eigenvalue weighted by atomic mass is 9.85. The van der Waals surface area contributed by atoms with Crippen LogP contribution in [0.25, 0.3) is 38.3 Å². The smallest absolute Gasteiger partial charge is 0.246 e. The molecule has 0 saturated carbocycles. The maximum Gasteiger partial charge on any atom is 0.246 e. The topological polar surface area (TPSA) is 243 Å². The average Bonchev–Trinajstić information content (AvgIpc) is 4.23. The number of ether oxygens (including phenoxy) is 2. The molecule has 0 aliphatic carbocycles. The van der Waals surface area contributed by atoms with Crippen molar-refractivity contribution >= 4 is 67.5 Å². The van der Waals surface area contributed by atoms with Gasteiger partial charge in [0.15, 0.2) is 5.82 Å². The number of rotatable bonds is 23. The van der Waals surface area contributed by atoms with Crippen molar-refractivity contribution in [2.45, 2.75) is 104 Å². The molecule has 4 amide bonds. The van der Waals surface area contributed by atoms with Crippen LogP contribution in [-0.2, 0) is 45.2 Å². The van der Waals surface area contributed by atoms with E-state index < -0.39 is 68.7 Å². The molecule has 2 saturated heterocycles. The Hall–Kier alpha value is -6.99. The van der Waals surface area contributed by atoms with E-state index in [4.69, 9.17) is 14.5 Å². The van der Waals surface area contributed by atoms with Gasteiger partial charge in [-0.2, -0.15) is 0 Å². The Bertz CT molecular complexity index is 3260. The highest BCUT2D eigenvalue weighted by Gasteiger charge is 2.44. The summed E-state index contributed by atoms with van der Waals surface area (Å²) in [5, 5.41) is 16.4. The lowest BCUT2D eigenvalue weighted by Gasteiger charge is -2.37. The Labute approximate surface area is 468 Å². The fourth-order valence-corrected chi connectivity index (χ4v) is 11.9. The fraction of sp³-hybridized carbons (Fsp3) is 0.464. The largest absolute Gasteiger partial charge is 0.391 e. The Morgan fingerprint density at radius 2 is 1.64 bits per heavy atom. The van der Waals surface area contributed by atoms with Gasteiger partial charge in [0.1, 0.15) is 35.7 Å². The highest BCUT2D eigenvalue weighted by atomic mass is 32.2. The molecule has 2 aliphatic rings. The summed E-state index contributed by atoms with van der Waals surface area (Å²) in [4.78, 5) is 77.8. The molecule has 0 bridgehead atoms. The van der Waals surface area contributed by atoms with Gasteiger partial charge in [0.2, 0.25) is 33.7 Å². The number of nitrogens with zero attached hydrogens (tertiary/aromatic N) is 8. The van der Waals surface area contributed by atoms with Crippen LogP contribution in [0.1, 0.15) is 77.5 Å². The molecule has 2 aromatic carbocycles. The van der Waals surface area contributed by atoms with Crippen LogP contribution in [0.4, 0.5) is 20.3 Å². The minimum Gasteiger partial charge on any atom is -0.391 e. The summed E-state index contributed by atoms with van der Waals surface area (Å²) in [6.45, 7) is 10.9. The lowest BCUT2D eigenvalue weighted by Crippen LogP contribution is -2.57. The highest BCUT2D eigenvalue weighted by molar-refractivity contribution is 7.92. The zero-order valence-corrected chi connectivity index (χ0v) is 47.4. The molecule has 3 atom stereocenters. The van der Waals surface area contributed by atoms with Crippen molar-refractivity contribution in [1.29, 1.82) is 0 Å². The lowest BCUT2D eigenvalue weighted by molar-refractivity contribution is -0.144. The number of fused-ring (bicyclic) bond motifs is 1. The Morgan fingerprint density at radius 1 is 0.938 bits per heavy atom. The number of pyridine rings is 1. The normalized spacial score (nSPS) is 16.5. The Balaban J connectivity index is 0.764. The zero-order chi connectivity index (χ0) is 57.3. The van der Waals surface area contributed by atoms with Crippen molar-refractivity contribution < 1.29 is 51.0 Å². The Kier molecular flexibility index (Phi) is 19.3. The van der Waals surface area contributed by atoms with E-state index in [1.165, 1.54) is 22.0 Å². The second kappa shape index (κ2) is 26.1. The molecule has 4 aromatic heterocycles. The molecule has 2 fully saturated rings. The summed E-state index contributed by atoms with van der Waals surface area (Å²) < 4.78 is 71.7. The van der Waals surface area contributed by atoms with Gasteiger partial charge in [-0.3, -0.25) is 23.9 Å². The summed E-state index contributed by atoms with van der Waals surface area (Å²) in [5.74, 6) is -2.95. The Morgan fingerprint density at radius 3 is 2.30 bits per heavy atom. The maximum absolute atomic E-state index is 16.1. The number of halogens is 2. The van der Waals surface area contributed by atoms with E-state index in [1.54, 1.807) is 53.2 Å². The van der Waals surface area contributed by atoms with Crippen molar-refractivity contribution in [2.24, 2.45) is 5.41 Å². The van der Waals surface area contributed by atoms with E-state index in [-0.39, 0.29) is 82.2 Å². The third-order valence-corrected chi connectivity index (χ3v) is 16.7. The number of aliphatic hydroxyl groups is 1. The van der Waals surface area contributed by atoms with Crippen molar-refractivity contribution in [3.63, 3.8) is 0 Å². The van der Waals surface area contributed by atoms with Crippen molar-refractivity contribution in [1.82, 2.24) is 44.9 Å². The van der Waals surface area contributed by atoms with Gasteiger partial charge in [0.25, 0.3) is 0 Å². The number of carbonyl (C=O) groups excluding carboxylic acids is 4. The van der Waals surface area contributed by atoms with E-state index in [0.29, 0.717) is 60.3 Å². The van der Waals surface area contributed by atoms with Gasteiger partial charge in [-0.15, -0.1) is 11.3 Å². The molecule has 2 aliphatic heterocycles. The molecular weight excluding hydrogens is 1070 g/mol. The molecule has 0 spiro atoms. The number of benzene rings is 2. The van der Waals surface area contributed by atoms with Gasteiger partial charge in [-0.1, -0.05) is 52.0 Å². The first kappa shape index (κ1) is 59.1. The number of hydrogen-bond donors (Lipinski definition) is 4. The van der Waals surface area contributed by atoms with Crippen LogP contribution in [0.2, 0.25) is 0 Å². The number of aliphatic hydroxyl groups excluding tert-OH is 1. The minimum atomic E-state index is -3.88. The predicted molar refractivity (Wildman–Crippen MR) is 300 cm³/mol. The monoisotopic (exact) mass is 1140 g/mol. The number of aryl methyl sites for hydroxylation is 1. The molecule has 0 radical (unpaired) electrons. The molecule has 6 aromatic rings. The van der Waals surface area contributed by atoms with E-state index >= 15 is 8.78 Å². The SMILES string of the molecule is CCCS(=O)(=O)Nc1ccc(F)c(-n2cc(-c3cncnc3)c3nc(N(C)C4CCN(C(=O)CCOCCOCCC(=O)N[C@H](C(=O)N5C[C@H](O)C[C@H]5C(=O)NCc5ccc(-c6scnc6C)cc5)C(C)(C)C)CC4)ccc32)c1F. The molecule has 80 heavy (non-hydrogen) atoms. The predicted octanol–water partition coefficient (Wildman–Crippen LogP) is 6.39. The minimum absolute atomic E-state index is 0.0118. The standard InChI is InChI=1S/C56H69F2N11O9S2/c1-7-26-80(75,76)65-43-13-12-42(57)51(49(43)58)68-32-41(38-29-59-33-60-30-38)50-44(68)14-15-46(63-50)66(6)39-16-20-67(21-17-39)48(72)19-23-78-25-24-77-22-18-47(71)64-53(56(3,4)5)55(74)69-31-40(70)27-45(69)54(73)61-28-36-8-10-37(11-9-36)52-35(2)62-34-79-52/h8-15,29-30,32-34,39-40,45,53,65,70H,7,16-28,31H2,1-6H3,(H,61,73)(H,64,71)/t40-,45+,53-/m1/s1. The third kappa shape index (κ3) is 14.3. The quantitative estimate of drug-likeness (QED) is 0.0508. The van der Waals surface area contributed by atoms with Crippen molar-refractivity contribution in [3.05, 3.63) is 102 Å². The van der Waals surface area contributed by atoms with Gasteiger partial charge in [0.05, 0.1) is 77.5 Å². The first-order valence-corrected chi connectivity index (χ1v) is 29.2. The number of carbonyl (C=O) groups is 4. The number of aromatic nitrogens is 5. The fourth-order valence-electron chi connectivity index (χ4n) is 9.96. The first-order chi connectivity index (χ1) is 38.2. The number of β-amino-alcohol motifs (C(OH)–C–C–N with tert-alkyl or cyclic N) is 1. The van der Waals surface area contributed by atoms with Crippen LogP contribution in [-0.4, -0.2) is 155 Å². The zero-order valence-electron chi connectivity index (χ0n) is 45.8. The second-order valence-electron chi connectivity index (χ2n) is 21.1. The van der Waals surface area contributed by atoms with Gasteiger partial charge in [-0.25, -0.2) is 37.1 Å². The molecule has 8 rings (SSSR count). The summed E-state index contributed by atoms with van der Waals surface area (Å²) in [7, 11) is -1.97. The van der Waals surface area contributed by atoms with Gasteiger partial charge >= 0.3 is 0 Å². The first-order valence-electron chi connectivity index (χ1n) is 26.7. The number of anilines is 2. The van der Waals surface area contributed by atoms with E-state index in [9.17, 15) is 32.7 Å². The number of piperidine rings is 1. The average molecular weight is 1140 g/mol. The van der Waals surface area contributed by atoms with Gasteiger partial charge in [0, 0.05) is 81.8 Å². The molecule has 0 unspecified atom stereocenters. The molecule has 4 N–H and O–H groups in total. The number of nitrogens with one attached hydrogen (secondary N) is 3. The summed E-state index contributed by atoms with van der Waals surface area (Å²) >= 11 is 1.56. The second-order valence-corrected chi connectivity index (χ2v) is 23.8. The summed E-state index contributed by atoms with van der Waals surface area (Å²) in [6.07, 6.45) is 6.94. The summed E-state index contributed by atoms with van der Waals surface area (Å²) in [6, 6.07) is 11.5. The van der Waals surface area contributed by atoms with E-state index in [0.717, 1.165) is 33.8 Å². The molecule has 6 heterocycles. The van der Waals surface area contributed by atoms with Gasteiger partial charge in [-0.05, 0) is 67.0 Å². The van der Waals surface area contributed by atoms with Crippen LogP contribution >= 0.6 is 11.3 Å². The third-order valence-electron chi connectivity index (χ3n) is 14.3. The molecular formula is C56H69F2N11O9S2. The van der Waals surface area contributed by atoms with Crippen LogP contribution < -0.4 is 20.3 Å². The number of likely N-dealkylation sites (tertiary alicyclic amines) is 2. The van der Waals surface area contributed by atoms with E-state index in [1.807, 2.05) is 63.9 Å². The number of hydrogen-bond acceptors (Lipinski definition) is 15.